The molecule has 2 N–H and O–H groups in total. The summed E-state index contributed by atoms with van der Waals surface area (Å²) in [6.07, 6.45) is 3.24. The van der Waals surface area contributed by atoms with Gasteiger partial charge in [-0.15, -0.1) is 0 Å². The van der Waals surface area contributed by atoms with Gasteiger partial charge in [-0.05, 0) is 62.0 Å². The van der Waals surface area contributed by atoms with Crippen LogP contribution in [0.5, 0.6) is 0 Å². The van der Waals surface area contributed by atoms with Crippen molar-refractivity contribution in [2.24, 2.45) is 5.92 Å². The fourth-order valence-corrected chi connectivity index (χ4v) is 5.38. The lowest BCUT2D eigenvalue weighted by Crippen LogP contribution is -2.52. The first-order chi connectivity index (χ1) is 15.1. The number of amides is 3. The Morgan fingerprint density at radius 2 is 1.74 bits per heavy atom. The normalized spacial score (nSPS) is 25.7. The maximum Gasteiger partial charge on any atom is 0.255 e. The molecule has 3 amide bonds. The Labute approximate surface area is 182 Å². The number of rotatable bonds is 4. The summed E-state index contributed by atoms with van der Waals surface area (Å²) in [7, 11) is 0. The number of benzene rings is 1. The average Bonchev–Trinajstić information content (AvgIpc) is 3.10. The maximum atomic E-state index is 12.9. The molecule has 0 aliphatic carbocycles. The predicted molar refractivity (Wildman–Crippen MR) is 117 cm³/mol. The van der Waals surface area contributed by atoms with Gasteiger partial charge < -0.3 is 15.1 Å². The number of carbonyl (C=O) groups is 3. The third-order valence-electron chi connectivity index (χ3n) is 7.22. The molecule has 1 aromatic rings. The largest absolute Gasteiger partial charge is 0.369 e. The topological polar surface area (TPSA) is 85.0 Å². The number of anilines is 1. The molecular formula is C23H31N5O3. The molecule has 1 atom stereocenters. The molecule has 0 aromatic heterocycles. The van der Waals surface area contributed by atoms with Gasteiger partial charge in [0.05, 0.1) is 0 Å². The van der Waals surface area contributed by atoms with Crippen molar-refractivity contribution in [3.05, 3.63) is 29.3 Å². The number of hydrogen-bond donors (Lipinski definition) is 2. The summed E-state index contributed by atoms with van der Waals surface area (Å²) < 4.78 is 0. The molecule has 4 aliphatic heterocycles. The summed E-state index contributed by atoms with van der Waals surface area (Å²) in [6.45, 7) is 8.07. The summed E-state index contributed by atoms with van der Waals surface area (Å²) in [5.74, 6) is 0.0920. The number of nitrogens with one attached hydrogen (secondary N) is 2. The molecule has 0 bridgehead atoms. The van der Waals surface area contributed by atoms with E-state index in [-0.39, 0.29) is 24.1 Å². The van der Waals surface area contributed by atoms with Crippen LogP contribution in [0.3, 0.4) is 0 Å². The third kappa shape index (κ3) is 4.19. The van der Waals surface area contributed by atoms with Gasteiger partial charge in [-0.1, -0.05) is 0 Å². The van der Waals surface area contributed by atoms with Crippen molar-refractivity contribution in [1.82, 2.24) is 20.4 Å². The number of piperazine rings is 1. The van der Waals surface area contributed by atoms with Gasteiger partial charge in [0.2, 0.25) is 11.8 Å². The lowest BCUT2D eigenvalue weighted by molar-refractivity contribution is -0.136. The fourth-order valence-electron chi connectivity index (χ4n) is 5.38. The van der Waals surface area contributed by atoms with E-state index in [0.29, 0.717) is 18.5 Å². The highest BCUT2D eigenvalue weighted by Crippen LogP contribution is 2.31. The molecule has 3 saturated heterocycles. The first kappa shape index (κ1) is 20.5. The number of carbonyl (C=O) groups excluding carboxylic acids is 3. The van der Waals surface area contributed by atoms with Gasteiger partial charge in [0.25, 0.3) is 5.91 Å². The quantitative estimate of drug-likeness (QED) is 0.686. The number of piperidine rings is 2. The Morgan fingerprint density at radius 1 is 0.968 bits per heavy atom. The minimum atomic E-state index is -0.556. The van der Waals surface area contributed by atoms with Crippen molar-refractivity contribution in [1.29, 1.82) is 0 Å². The number of imide groups is 1. The number of fused-ring (bicyclic) bond motifs is 1. The van der Waals surface area contributed by atoms with Crippen molar-refractivity contribution in [2.45, 2.75) is 38.3 Å². The van der Waals surface area contributed by atoms with Gasteiger partial charge in [0.1, 0.15) is 6.04 Å². The van der Waals surface area contributed by atoms with E-state index in [1.807, 2.05) is 12.1 Å². The SMILES string of the molecule is O=C1CC[C@H](N2Cc3cc(N4CCN(CC5CCNCC5)CC4)ccc3C2=O)C(=O)N1. The molecule has 0 spiro atoms. The van der Waals surface area contributed by atoms with Crippen LogP contribution in [0.1, 0.15) is 41.6 Å². The monoisotopic (exact) mass is 425 g/mol. The van der Waals surface area contributed by atoms with Crippen LogP contribution in [0.2, 0.25) is 0 Å². The summed E-state index contributed by atoms with van der Waals surface area (Å²) in [5.41, 5.74) is 2.81. The molecule has 0 saturated carbocycles. The van der Waals surface area contributed by atoms with Gasteiger partial charge in [-0.25, -0.2) is 0 Å². The minimum absolute atomic E-state index is 0.108. The van der Waals surface area contributed by atoms with E-state index in [4.69, 9.17) is 0 Å². The van der Waals surface area contributed by atoms with E-state index in [2.05, 4.69) is 26.5 Å². The highest BCUT2D eigenvalue weighted by molar-refractivity contribution is 6.05. The molecule has 0 unspecified atom stereocenters. The molecule has 5 rings (SSSR count). The Balaban J connectivity index is 1.21. The van der Waals surface area contributed by atoms with Gasteiger partial charge >= 0.3 is 0 Å². The Bertz CT molecular complexity index is 874. The first-order valence-electron chi connectivity index (χ1n) is 11.5. The standard InChI is InChI=1S/C23H31N5O3/c29-21-4-3-20(22(30)25-21)28-15-17-13-18(1-2-19(17)23(28)31)27-11-9-26(10-12-27)14-16-5-7-24-8-6-16/h1-2,13,16,20,24H,3-12,14-15H2,(H,25,29,30)/t20-/m0/s1. The van der Waals surface area contributed by atoms with Gasteiger partial charge in [0, 0.05) is 56.9 Å². The van der Waals surface area contributed by atoms with Crippen molar-refractivity contribution < 1.29 is 14.4 Å². The van der Waals surface area contributed by atoms with Crippen molar-refractivity contribution in [3.63, 3.8) is 0 Å². The van der Waals surface area contributed by atoms with E-state index in [1.165, 1.54) is 19.4 Å². The van der Waals surface area contributed by atoms with E-state index in [0.717, 1.165) is 56.4 Å². The van der Waals surface area contributed by atoms with Crippen molar-refractivity contribution in [2.75, 3.05) is 50.7 Å². The van der Waals surface area contributed by atoms with Gasteiger partial charge in [-0.2, -0.15) is 0 Å². The van der Waals surface area contributed by atoms with Gasteiger partial charge in [-0.3, -0.25) is 24.6 Å². The zero-order chi connectivity index (χ0) is 21.4. The van der Waals surface area contributed by atoms with Crippen molar-refractivity contribution >= 4 is 23.4 Å². The van der Waals surface area contributed by atoms with Crippen LogP contribution in [-0.2, 0) is 16.1 Å². The third-order valence-corrected chi connectivity index (χ3v) is 7.22. The summed E-state index contributed by atoms with van der Waals surface area (Å²) in [4.78, 5) is 43.2. The predicted octanol–water partition coefficient (Wildman–Crippen LogP) is 0.569. The fraction of sp³-hybridized carbons (Fsp3) is 0.609. The molecule has 0 radical (unpaired) electrons. The molecule has 8 nitrogen and oxygen atoms in total. The number of hydrogen-bond acceptors (Lipinski definition) is 6. The van der Waals surface area contributed by atoms with E-state index < -0.39 is 6.04 Å². The lowest BCUT2D eigenvalue weighted by Gasteiger charge is -2.38. The van der Waals surface area contributed by atoms with Crippen LogP contribution >= 0.6 is 0 Å². The Kier molecular flexibility index (Phi) is 5.67. The minimum Gasteiger partial charge on any atom is -0.369 e. The maximum absolute atomic E-state index is 12.9. The van der Waals surface area contributed by atoms with Crippen LogP contribution in [0, 0.1) is 5.92 Å². The Morgan fingerprint density at radius 3 is 2.48 bits per heavy atom. The highest BCUT2D eigenvalue weighted by Gasteiger charge is 2.39. The van der Waals surface area contributed by atoms with Crippen LogP contribution in [0.4, 0.5) is 5.69 Å². The van der Waals surface area contributed by atoms with E-state index in [9.17, 15) is 14.4 Å². The summed E-state index contributed by atoms with van der Waals surface area (Å²) in [6, 6.07) is 5.49. The second kappa shape index (κ2) is 8.59. The van der Waals surface area contributed by atoms with Crippen LogP contribution in [0.15, 0.2) is 18.2 Å². The average molecular weight is 426 g/mol. The van der Waals surface area contributed by atoms with Crippen LogP contribution in [-0.4, -0.2) is 79.4 Å². The highest BCUT2D eigenvalue weighted by atomic mass is 16.2. The zero-order valence-corrected chi connectivity index (χ0v) is 17.9. The van der Waals surface area contributed by atoms with E-state index >= 15 is 0 Å². The molecular weight excluding hydrogens is 394 g/mol. The molecule has 31 heavy (non-hydrogen) atoms. The molecule has 4 heterocycles. The molecule has 4 aliphatic rings. The molecule has 166 valence electrons. The smallest absolute Gasteiger partial charge is 0.255 e. The lowest BCUT2D eigenvalue weighted by atomic mass is 9.97. The first-order valence-corrected chi connectivity index (χ1v) is 11.5. The second-order valence-electron chi connectivity index (χ2n) is 9.22. The Hall–Kier alpha value is -2.45. The van der Waals surface area contributed by atoms with E-state index in [1.54, 1.807) is 4.90 Å². The zero-order valence-electron chi connectivity index (χ0n) is 17.9. The summed E-state index contributed by atoms with van der Waals surface area (Å²) >= 11 is 0. The van der Waals surface area contributed by atoms with Crippen LogP contribution < -0.4 is 15.5 Å². The number of nitrogens with zero attached hydrogens (tertiary/aromatic N) is 3. The molecule has 1 aromatic carbocycles. The second-order valence-corrected chi connectivity index (χ2v) is 9.22. The molecule has 8 heteroatoms. The van der Waals surface area contributed by atoms with Gasteiger partial charge in [0.15, 0.2) is 0 Å². The van der Waals surface area contributed by atoms with Crippen LogP contribution in [0.25, 0.3) is 0 Å². The van der Waals surface area contributed by atoms with Crippen molar-refractivity contribution in [3.8, 4) is 0 Å². The molecule has 3 fully saturated rings. The summed E-state index contributed by atoms with van der Waals surface area (Å²) in [5, 5.41) is 5.80.